The number of nitrogens with zero attached hydrogens (tertiary/aromatic N) is 1. The van der Waals surface area contributed by atoms with E-state index in [0.717, 1.165) is 12.8 Å². The summed E-state index contributed by atoms with van der Waals surface area (Å²) in [5.41, 5.74) is 1.20. The van der Waals surface area contributed by atoms with Crippen LogP contribution in [0.25, 0.3) is 0 Å². The van der Waals surface area contributed by atoms with E-state index in [1.54, 1.807) is 19.2 Å². The monoisotopic (exact) mass is 517 g/mol. The van der Waals surface area contributed by atoms with Gasteiger partial charge in [0, 0.05) is 51.0 Å². The van der Waals surface area contributed by atoms with Crippen molar-refractivity contribution in [2.45, 2.75) is 65.0 Å². The van der Waals surface area contributed by atoms with Gasteiger partial charge < -0.3 is 30.1 Å². The van der Waals surface area contributed by atoms with E-state index in [-0.39, 0.29) is 48.1 Å². The molecule has 9 nitrogen and oxygen atoms in total. The molecule has 0 bridgehead atoms. The van der Waals surface area contributed by atoms with Gasteiger partial charge in [0.15, 0.2) is 5.78 Å². The van der Waals surface area contributed by atoms with Crippen LogP contribution in [0.2, 0.25) is 0 Å². The quantitative estimate of drug-likeness (QED) is 0.256. The Morgan fingerprint density at radius 1 is 1.16 bits per heavy atom. The molecule has 2 fully saturated rings. The standard InChI is InChI=1S/C28H43N3O6/c1-18(2)12-22(17-32)30-27(34)20-13-21(16-29-15-20)28(35)31(23-6-7-23)24-8-9-25(19(3)33)26(14-24)37-11-5-10-36-4/h8-9,14,18,20-23,29,32H,5-7,10-13,15-17H2,1-4H3,(H,30,34)/t20-,21+,22?/m0/s1. The van der Waals surface area contributed by atoms with E-state index in [9.17, 15) is 19.5 Å². The number of piperidine rings is 1. The van der Waals surface area contributed by atoms with Gasteiger partial charge in [-0.2, -0.15) is 0 Å². The second-order valence-electron chi connectivity index (χ2n) is 10.7. The highest BCUT2D eigenvalue weighted by Crippen LogP contribution is 2.37. The van der Waals surface area contributed by atoms with E-state index in [0.29, 0.717) is 68.5 Å². The maximum absolute atomic E-state index is 13.8. The molecule has 206 valence electrons. The van der Waals surface area contributed by atoms with Gasteiger partial charge in [-0.3, -0.25) is 14.4 Å². The third-order valence-electron chi connectivity index (χ3n) is 6.92. The molecule has 1 aromatic rings. The molecule has 2 aliphatic rings. The number of carbonyl (C=O) groups excluding carboxylic acids is 3. The Labute approximate surface area is 220 Å². The first-order valence-electron chi connectivity index (χ1n) is 13.5. The zero-order chi connectivity index (χ0) is 26.9. The van der Waals surface area contributed by atoms with Gasteiger partial charge in [-0.05, 0) is 50.7 Å². The Kier molecular flexibility index (Phi) is 10.9. The minimum atomic E-state index is -0.346. The minimum absolute atomic E-state index is 0.0192. The number of anilines is 1. The molecule has 0 spiro atoms. The second-order valence-corrected chi connectivity index (χ2v) is 10.7. The lowest BCUT2D eigenvalue weighted by molar-refractivity contribution is -0.129. The predicted octanol–water partition coefficient (Wildman–Crippen LogP) is 2.55. The van der Waals surface area contributed by atoms with Crippen LogP contribution in [0, 0.1) is 17.8 Å². The fourth-order valence-electron chi connectivity index (χ4n) is 4.90. The second kappa shape index (κ2) is 13.9. The van der Waals surface area contributed by atoms with Gasteiger partial charge in [0.1, 0.15) is 5.75 Å². The number of benzene rings is 1. The van der Waals surface area contributed by atoms with Crippen LogP contribution in [-0.4, -0.2) is 74.8 Å². The van der Waals surface area contributed by atoms with Crippen molar-refractivity contribution >= 4 is 23.3 Å². The van der Waals surface area contributed by atoms with Gasteiger partial charge in [-0.15, -0.1) is 0 Å². The number of hydrogen-bond acceptors (Lipinski definition) is 7. The predicted molar refractivity (Wildman–Crippen MR) is 142 cm³/mol. The van der Waals surface area contributed by atoms with Crippen LogP contribution in [0.5, 0.6) is 5.75 Å². The molecule has 2 amide bonds. The summed E-state index contributed by atoms with van der Waals surface area (Å²) in [6, 6.07) is 5.15. The average molecular weight is 518 g/mol. The Bertz CT molecular complexity index is 932. The Morgan fingerprint density at radius 2 is 1.89 bits per heavy atom. The van der Waals surface area contributed by atoms with E-state index >= 15 is 0 Å². The third kappa shape index (κ3) is 8.25. The summed E-state index contributed by atoms with van der Waals surface area (Å²) in [5.74, 6) is -0.104. The molecule has 1 saturated carbocycles. The number of carbonyl (C=O) groups is 3. The number of amides is 2. The lowest BCUT2D eigenvalue weighted by atomic mass is 9.88. The lowest BCUT2D eigenvalue weighted by Crippen LogP contribution is -2.51. The topological polar surface area (TPSA) is 117 Å². The molecule has 3 rings (SSSR count). The van der Waals surface area contributed by atoms with Gasteiger partial charge in [-0.1, -0.05) is 13.8 Å². The fraction of sp³-hybridized carbons (Fsp3) is 0.679. The molecule has 0 radical (unpaired) electrons. The van der Waals surface area contributed by atoms with Crippen LogP contribution in [-0.2, 0) is 14.3 Å². The largest absolute Gasteiger partial charge is 0.493 e. The first-order chi connectivity index (χ1) is 17.7. The number of methoxy groups -OCH3 is 1. The number of hydrogen-bond donors (Lipinski definition) is 3. The molecule has 9 heteroatoms. The Balaban J connectivity index is 1.73. The van der Waals surface area contributed by atoms with Gasteiger partial charge in [0.25, 0.3) is 0 Å². The number of ketones is 1. The van der Waals surface area contributed by atoms with Crippen molar-refractivity contribution < 1.29 is 29.0 Å². The summed E-state index contributed by atoms with van der Waals surface area (Å²) in [6.45, 7) is 7.48. The van der Waals surface area contributed by atoms with Crippen LogP contribution in [0.3, 0.4) is 0 Å². The average Bonchev–Trinajstić information content (AvgIpc) is 3.71. The van der Waals surface area contributed by atoms with Gasteiger partial charge >= 0.3 is 0 Å². The molecule has 0 aromatic heterocycles. The van der Waals surface area contributed by atoms with Crippen molar-refractivity contribution in [2.75, 3.05) is 44.9 Å². The molecule has 1 aliphatic heterocycles. The smallest absolute Gasteiger partial charge is 0.231 e. The number of rotatable bonds is 14. The highest BCUT2D eigenvalue weighted by Gasteiger charge is 2.40. The van der Waals surface area contributed by atoms with Crippen molar-refractivity contribution in [2.24, 2.45) is 17.8 Å². The molecule has 1 saturated heterocycles. The molecule has 37 heavy (non-hydrogen) atoms. The summed E-state index contributed by atoms with van der Waals surface area (Å²) >= 11 is 0. The number of Topliss-reactive ketones (excluding diaryl/α,β-unsaturated/α-hetero) is 1. The van der Waals surface area contributed by atoms with Crippen molar-refractivity contribution in [3.05, 3.63) is 23.8 Å². The Hall–Kier alpha value is -2.49. The Morgan fingerprint density at radius 3 is 2.51 bits per heavy atom. The van der Waals surface area contributed by atoms with E-state index in [4.69, 9.17) is 9.47 Å². The SMILES string of the molecule is COCCCOc1cc(N(C(=O)[C@H]2CNC[C@@H](C(=O)NC(CO)CC(C)C)C2)C2CC2)ccc1C(C)=O. The van der Waals surface area contributed by atoms with Gasteiger partial charge in [0.05, 0.1) is 36.7 Å². The minimum Gasteiger partial charge on any atom is -0.493 e. The summed E-state index contributed by atoms with van der Waals surface area (Å²) in [7, 11) is 1.63. The number of ether oxygens (including phenoxy) is 2. The van der Waals surface area contributed by atoms with Gasteiger partial charge in [0.2, 0.25) is 11.8 Å². The molecular weight excluding hydrogens is 474 g/mol. The molecular formula is C28H43N3O6. The third-order valence-corrected chi connectivity index (χ3v) is 6.92. The normalized spacial score (nSPS) is 20.4. The maximum Gasteiger partial charge on any atom is 0.231 e. The molecule has 3 atom stereocenters. The first kappa shape index (κ1) is 29.1. The van der Waals surface area contributed by atoms with Crippen molar-refractivity contribution in [3.8, 4) is 5.75 Å². The van der Waals surface area contributed by atoms with Crippen LogP contribution in [0.15, 0.2) is 18.2 Å². The number of aliphatic hydroxyl groups is 1. The number of nitrogens with one attached hydrogen (secondary N) is 2. The summed E-state index contributed by atoms with van der Waals surface area (Å²) in [6.07, 6.45) is 3.68. The molecule has 1 heterocycles. The summed E-state index contributed by atoms with van der Waals surface area (Å²) in [5, 5.41) is 15.9. The first-order valence-corrected chi connectivity index (χ1v) is 13.5. The molecule has 1 aromatic carbocycles. The fourth-order valence-corrected chi connectivity index (χ4v) is 4.90. The zero-order valence-electron chi connectivity index (χ0n) is 22.6. The van der Waals surface area contributed by atoms with Crippen LogP contribution >= 0.6 is 0 Å². The van der Waals surface area contributed by atoms with Gasteiger partial charge in [-0.25, -0.2) is 0 Å². The highest BCUT2D eigenvalue weighted by atomic mass is 16.5. The van der Waals surface area contributed by atoms with Crippen molar-refractivity contribution in [1.82, 2.24) is 10.6 Å². The van der Waals surface area contributed by atoms with E-state index < -0.39 is 0 Å². The van der Waals surface area contributed by atoms with Crippen LogP contribution in [0.4, 0.5) is 5.69 Å². The van der Waals surface area contributed by atoms with Crippen LogP contribution in [0.1, 0.15) is 63.2 Å². The molecule has 1 unspecified atom stereocenters. The molecule has 1 aliphatic carbocycles. The van der Waals surface area contributed by atoms with E-state index in [1.807, 2.05) is 11.0 Å². The van der Waals surface area contributed by atoms with Crippen molar-refractivity contribution in [1.29, 1.82) is 0 Å². The zero-order valence-corrected chi connectivity index (χ0v) is 22.6. The number of aliphatic hydroxyl groups excluding tert-OH is 1. The maximum atomic E-state index is 13.8. The van der Waals surface area contributed by atoms with Crippen molar-refractivity contribution in [3.63, 3.8) is 0 Å². The van der Waals surface area contributed by atoms with Crippen LogP contribution < -0.4 is 20.3 Å². The lowest BCUT2D eigenvalue weighted by Gasteiger charge is -2.34. The van der Waals surface area contributed by atoms with E-state index in [1.165, 1.54) is 6.92 Å². The highest BCUT2D eigenvalue weighted by molar-refractivity contribution is 6.00. The summed E-state index contributed by atoms with van der Waals surface area (Å²) in [4.78, 5) is 40.7. The van der Waals surface area contributed by atoms with E-state index in [2.05, 4.69) is 24.5 Å². The summed E-state index contributed by atoms with van der Waals surface area (Å²) < 4.78 is 11.0. The molecule has 3 N–H and O–H groups in total.